The van der Waals surface area contributed by atoms with Gasteiger partial charge in [0, 0.05) is 56.3 Å². The largest absolute Gasteiger partial charge is 0.466 e. The zero-order valence-electron chi connectivity index (χ0n) is 38.5. The number of esters is 5. The molecule has 0 aromatic rings. The second-order valence-electron chi connectivity index (χ2n) is 18.3. The number of hydrogen-bond donors (Lipinski definition) is 4. The summed E-state index contributed by atoms with van der Waals surface area (Å²) in [6.45, 7) is 11.2. The zero-order valence-corrected chi connectivity index (χ0v) is 38.5. The molecule has 4 aliphatic rings. The van der Waals surface area contributed by atoms with E-state index in [1.807, 2.05) is 13.0 Å². The molecule has 6 bridgehead atoms. The highest BCUT2D eigenvalue weighted by atomic mass is 16.7. The first-order valence-electron chi connectivity index (χ1n) is 21.9. The van der Waals surface area contributed by atoms with Gasteiger partial charge in [0.05, 0.1) is 62.7 Å². The van der Waals surface area contributed by atoms with Gasteiger partial charge in [-0.2, -0.15) is 0 Å². The maximum atomic E-state index is 13.4. The molecule has 0 saturated carbocycles. The Hall–Kier alpha value is -4.23. The predicted octanol–water partition coefficient (Wildman–Crippen LogP) is 4.28. The maximum Gasteiger partial charge on any atom is 0.331 e. The van der Waals surface area contributed by atoms with Gasteiger partial charge in [-0.1, -0.05) is 77.0 Å². The van der Waals surface area contributed by atoms with Gasteiger partial charge in [0.2, 0.25) is 5.79 Å². The third-order valence-electron chi connectivity index (χ3n) is 12.4. The van der Waals surface area contributed by atoms with Crippen molar-refractivity contribution in [1.82, 2.24) is 0 Å². The fourth-order valence-corrected chi connectivity index (χ4v) is 8.57. The molecule has 4 aliphatic heterocycles. The Morgan fingerprint density at radius 1 is 0.875 bits per heavy atom. The van der Waals surface area contributed by atoms with Gasteiger partial charge in [0.25, 0.3) is 0 Å². The fourth-order valence-electron chi connectivity index (χ4n) is 8.57. The molecule has 0 radical (unpaired) electrons. The molecule has 0 unspecified atom stereocenters. The van der Waals surface area contributed by atoms with Crippen LogP contribution < -0.4 is 0 Å². The van der Waals surface area contributed by atoms with E-state index in [9.17, 15) is 44.4 Å². The number of carbonyl (C=O) groups is 5. The lowest BCUT2D eigenvalue weighted by atomic mass is 9.70. The Kier molecular flexibility index (Phi) is 18.3. The van der Waals surface area contributed by atoms with E-state index >= 15 is 0 Å². The SMILES string of the molecule is CCC/C=C/C=C/C(=O)O[C@H]1/C(=C/C(=O)OC)C[C@H]2C[C@H]([C@@H](C)O)OC(=O)C[C@H](O)C[C@@H]3C[C@H](OC(C)=O)C(C)(C)[C@](O)(C[C@@H]4C/C(=C\C(=O)OC)C[C@H](/C=C\C(C)(C)[C@]1(O)O2)O4)O3. The average molecular weight is 905 g/mol. The smallest absolute Gasteiger partial charge is 0.331 e. The normalized spacial score (nSPS) is 35.8. The van der Waals surface area contributed by atoms with Crippen LogP contribution in [0.15, 0.2) is 59.8 Å². The van der Waals surface area contributed by atoms with Crippen LogP contribution >= 0.6 is 0 Å². The topological polar surface area (TPSA) is 240 Å². The molecule has 0 aromatic heterocycles. The van der Waals surface area contributed by atoms with Crippen molar-refractivity contribution >= 4 is 29.8 Å². The van der Waals surface area contributed by atoms with Crippen LogP contribution in [-0.2, 0) is 61.9 Å². The monoisotopic (exact) mass is 904 g/mol. The highest BCUT2D eigenvalue weighted by Gasteiger charge is 2.59. The van der Waals surface area contributed by atoms with E-state index in [4.69, 9.17) is 37.9 Å². The van der Waals surface area contributed by atoms with E-state index < -0.39 is 114 Å². The Morgan fingerprint density at radius 2 is 1.56 bits per heavy atom. The number of unbranched alkanes of at least 4 members (excludes halogenated alkanes) is 1. The standard InChI is InChI=1S/C47H68O17/c1-10-11-12-13-14-15-39(51)62-43-31(22-41(53)58-9)21-34-25-37(28(2)48)61-42(54)24-32(50)23-35-26-38(59-29(3)49)45(6,7)46(55,63-35)27-36-19-30(20-40(52)57-8)18-33(60-36)16-17-44(4,5)47(43,56)64-34/h12-17,20,22,28,32-38,43,48,50,55-56H,10-11,18-19,21,23-27H2,1-9H3/b13-12+,15-14+,17-16-,30-20-,31-22+/t28-,32-,33+,34+,35-,36+,37-,38+,43+,46+,47-/m1/s1. The first kappa shape index (κ1) is 52.4. The van der Waals surface area contributed by atoms with Gasteiger partial charge >= 0.3 is 29.8 Å². The molecule has 17 nitrogen and oxygen atoms in total. The number of cyclic esters (lactones) is 1. The van der Waals surface area contributed by atoms with Crippen LogP contribution in [0.5, 0.6) is 0 Å². The first-order valence-corrected chi connectivity index (χ1v) is 21.9. The Balaban J connectivity index is 1.89. The van der Waals surface area contributed by atoms with Crippen LogP contribution in [0, 0.1) is 10.8 Å². The minimum atomic E-state index is -2.47. The summed E-state index contributed by atoms with van der Waals surface area (Å²) in [5.74, 6) is -8.31. The molecule has 0 spiro atoms. The quantitative estimate of drug-likeness (QED) is 0.0830. The number of rotatable bonds is 9. The summed E-state index contributed by atoms with van der Waals surface area (Å²) >= 11 is 0. The highest BCUT2D eigenvalue weighted by Crippen LogP contribution is 2.50. The molecule has 4 heterocycles. The van der Waals surface area contributed by atoms with E-state index in [1.165, 1.54) is 33.1 Å². The fraction of sp³-hybridized carbons (Fsp3) is 0.681. The predicted molar refractivity (Wildman–Crippen MR) is 228 cm³/mol. The van der Waals surface area contributed by atoms with Crippen molar-refractivity contribution in [2.75, 3.05) is 14.2 Å². The van der Waals surface area contributed by atoms with Crippen molar-refractivity contribution in [3.63, 3.8) is 0 Å². The van der Waals surface area contributed by atoms with Crippen LogP contribution in [0.3, 0.4) is 0 Å². The van der Waals surface area contributed by atoms with E-state index in [1.54, 1.807) is 45.9 Å². The maximum absolute atomic E-state index is 13.4. The molecule has 4 rings (SSSR count). The Bertz CT molecular complexity index is 1830. The summed E-state index contributed by atoms with van der Waals surface area (Å²) < 4.78 is 46.7. The van der Waals surface area contributed by atoms with E-state index in [0.717, 1.165) is 32.1 Å². The average Bonchev–Trinajstić information content (AvgIpc) is 3.19. The molecule has 64 heavy (non-hydrogen) atoms. The number of aliphatic hydroxyl groups excluding tert-OH is 2. The molecule has 3 saturated heterocycles. The second-order valence-corrected chi connectivity index (χ2v) is 18.3. The summed E-state index contributed by atoms with van der Waals surface area (Å²) in [5, 5.41) is 47.5. The first-order chi connectivity index (χ1) is 29.9. The van der Waals surface area contributed by atoms with Gasteiger partial charge in [-0.15, -0.1) is 0 Å². The van der Waals surface area contributed by atoms with Gasteiger partial charge in [0.1, 0.15) is 12.2 Å². The van der Waals surface area contributed by atoms with Crippen LogP contribution in [0.4, 0.5) is 0 Å². The van der Waals surface area contributed by atoms with E-state index in [0.29, 0.717) is 5.57 Å². The number of ether oxygens (including phenoxy) is 8. The van der Waals surface area contributed by atoms with Gasteiger partial charge in [0.15, 0.2) is 11.9 Å². The minimum Gasteiger partial charge on any atom is -0.466 e. The molecule has 358 valence electrons. The molecule has 4 N–H and O–H groups in total. The summed E-state index contributed by atoms with van der Waals surface area (Å²) in [6, 6.07) is 0. The number of carbonyl (C=O) groups excluding carboxylic acids is 5. The highest BCUT2D eigenvalue weighted by molar-refractivity contribution is 5.85. The summed E-state index contributed by atoms with van der Waals surface area (Å²) in [4.78, 5) is 64.7. The molecular formula is C47H68O17. The molecule has 17 heteroatoms. The summed E-state index contributed by atoms with van der Waals surface area (Å²) in [5.41, 5.74) is -2.06. The third-order valence-corrected chi connectivity index (χ3v) is 12.4. The number of allylic oxidation sites excluding steroid dienone is 3. The van der Waals surface area contributed by atoms with E-state index in [-0.39, 0.29) is 50.5 Å². The number of methoxy groups -OCH3 is 2. The second kappa shape index (κ2) is 22.3. The third kappa shape index (κ3) is 13.4. The molecule has 0 aromatic carbocycles. The molecule has 3 fully saturated rings. The van der Waals surface area contributed by atoms with Gasteiger partial charge in [-0.05, 0) is 38.2 Å². The van der Waals surface area contributed by atoms with Crippen LogP contribution in [0.1, 0.15) is 113 Å². The summed E-state index contributed by atoms with van der Waals surface area (Å²) in [6.07, 6.45) is 2.55. The Morgan fingerprint density at radius 3 is 2.20 bits per heavy atom. The molecule has 0 amide bonds. The van der Waals surface area contributed by atoms with Crippen molar-refractivity contribution < 1.29 is 82.3 Å². The van der Waals surface area contributed by atoms with Gasteiger partial charge < -0.3 is 58.3 Å². The number of fused-ring (bicyclic) bond motifs is 6. The van der Waals surface area contributed by atoms with Crippen molar-refractivity contribution in [3.05, 3.63) is 59.8 Å². The lowest BCUT2D eigenvalue weighted by Crippen LogP contribution is -2.62. The number of aliphatic hydroxyl groups is 4. The lowest BCUT2D eigenvalue weighted by Gasteiger charge is -2.53. The van der Waals surface area contributed by atoms with Crippen LogP contribution in [0.25, 0.3) is 0 Å². The van der Waals surface area contributed by atoms with Gasteiger partial charge in [-0.25, -0.2) is 14.4 Å². The van der Waals surface area contributed by atoms with E-state index in [2.05, 4.69) is 0 Å². The van der Waals surface area contributed by atoms with Crippen LogP contribution in [0.2, 0.25) is 0 Å². The summed E-state index contributed by atoms with van der Waals surface area (Å²) in [7, 11) is 2.40. The van der Waals surface area contributed by atoms with Crippen molar-refractivity contribution in [2.24, 2.45) is 10.8 Å². The van der Waals surface area contributed by atoms with Crippen molar-refractivity contribution in [1.29, 1.82) is 0 Å². The Labute approximate surface area is 375 Å². The molecular weight excluding hydrogens is 836 g/mol. The molecule has 11 atom stereocenters. The minimum absolute atomic E-state index is 0.0721. The van der Waals surface area contributed by atoms with Crippen LogP contribution in [-0.4, -0.2) is 131 Å². The number of hydrogen-bond acceptors (Lipinski definition) is 17. The van der Waals surface area contributed by atoms with Crippen molar-refractivity contribution in [3.8, 4) is 0 Å². The van der Waals surface area contributed by atoms with Crippen molar-refractivity contribution in [2.45, 2.75) is 179 Å². The zero-order chi connectivity index (χ0) is 47.6. The lowest BCUT2D eigenvalue weighted by molar-refractivity contribution is -0.348. The molecule has 0 aliphatic carbocycles. The van der Waals surface area contributed by atoms with Gasteiger partial charge in [-0.3, -0.25) is 9.59 Å².